The van der Waals surface area contributed by atoms with Crippen molar-refractivity contribution in [2.24, 2.45) is 13.0 Å². The van der Waals surface area contributed by atoms with Crippen LogP contribution in [0.4, 0.5) is 18.9 Å². The lowest BCUT2D eigenvalue weighted by atomic mass is 10.2. The number of aromatic nitrogens is 5. The molecule has 13 heteroatoms. The fourth-order valence-electron chi connectivity index (χ4n) is 3.15. The Morgan fingerprint density at radius 2 is 1.88 bits per heavy atom. The molecule has 9 nitrogen and oxygen atoms in total. The van der Waals surface area contributed by atoms with Gasteiger partial charge in [-0.25, -0.2) is 13.4 Å². The molecule has 0 atom stereocenters. The summed E-state index contributed by atoms with van der Waals surface area (Å²) in [5, 5.41) is 10.5. The number of rotatable bonds is 6. The monoisotopic (exact) mass is 480 g/mol. The fraction of sp³-hybridized carbons (Fsp3) is 0.350. The second kappa shape index (κ2) is 8.21. The summed E-state index contributed by atoms with van der Waals surface area (Å²) in [4.78, 5) is 20.0. The SMILES string of the molecule is CCS(=O)(=O)c1cc(NC(=O)C2CC2)cnc1-c1nnc(-c2cc(C(F)(F)F)ccn2)n1C. The predicted molar refractivity (Wildman–Crippen MR) is 112 cm³/mol. The van der Waals surface area contributed by atoms with E-state index in [9.17, 15) is 26.4 Å². The number of nitrogens with one attached hydrogen (secondary N) is 1. The standard InChI is InChI=1S/C20H19F3N6O3S/c1-3-33(31,32)15-9-13(26-19(30)11-4-5-11)10-25-16(15)18-28-27-17(29(18)2)14-8-12(6-7-24-14)20(21,22)23/h6-11H,3-5H2,1-2H3,(H,26,30). The maximum Gasteiger partial charge on any atom is 0.416 e. The lowest BCUT2D eigenvalue weighted by Gasteiger charge is -2.12. The first kappa shape index (κ1) is 22.8. The molecule has 0 unspecified atom stereocenters. The second-order valence-electron chi connectivity index (χ2n) is 7.57. The third-order valence-corrected chi connectivity index (χ3v) is 6.93. The minimum Gasteiger partial charge on any atom is -0.324 e. The Balaban J connectivity index is 1.78. The molecule has 3 heterocycles. The number of hydrogen-bond donors (Lipinski definition) is 1. The molecule has 0 bridgehead atoms. The number of anilines is 1. The van der Waals surface area contributed by atoms with Crippen molar-refractivity contribution in [2.45, 2.75) is 30.8 Å². The van der Waals surface area contributed by atoms with Crippen LogP contribution in [0.25, 0.3) is 23.0 Å². The highest BCUT2D eigenvalue weighted by Gasteiger charge is 2.32. The quantitative estimate of drug-likeness (QED) is 0.576. The van der Waals surface area contributed by atoms with Gasteiger partial charge in [0.2, 0.25) is 5.91 Å². The molecule has 174 valence electrons. The maximum absolute atomic E-state index is 13.1. The van der Waals surface area contributed by atoms with Crippen LogP contribution in [0, 0.1) is 5.92 Å². The minimum atomic E-state index is -4.57. The van der Waals surface area contributed by atoms with Crippen LogP contribution in [0.5, 0.6) is 0 Å². The van der Waals surface area contributed by atoms with Crippen LogP contribution in [0.3, 0.4) is 0 Å². The molecule has 3 aromatic heterocycles. The van der Waals surface area contributed by atoms with Crippen LogP contribution in [0.15, 0.2) is 35.5 Å². The van der Waals surface area contributed by atoms with E-state index >= 15 is 0 Å². The summed E-state index contributed by atoms with van der Waals surface area (Å²) in [5.41, 5.74) is -0.793. The number of pyridine rings is 2. The van der Waals surface area contributed by atoms with Gasteiger partial charge in [-0.15, -0.1) is 10.2 Å². The van der Waals surface area contributed by atoms with Gasteiger partial charge in [-0.3, -0.25) is 9.78 Å². The molecule has 1 saturated carbocycles. The van der Waals surface area contributed by atoms with Crippen molar-refractivity contribution in [3.05, 3.63) is 36.2 Å². The van der Waals surface area contributed by atoms with Crippen LogP contribution in [-0.2, 0) is 27.9 Å². The van der Waals surface area contributed by atoms with Gasteiger partial charge in [0.25, 0.3) is 0 Å². The van der Waals surface area contributed by atoms with Crippen molar-refractivity contribution in [3.8, 4) is 23.0 Å². The third-order valence-electron chi connectivity index (χ3n) is 5.19. The van der Waals surface area contributed by atoms with E-state index < -0.39 is 21.6 Å². The van der Waals surface area contributed by atoms with Gasteiger partial charge in [-0.2, -0.15) is 13.2 Å². The van der Waals surface area contributed by atoms with Crippen molar-refractivity contribution >= 4 is 21.4 Å². The molecule has 1 amide bonds. The zero-order valence-corrected chi connectivity index (χ0v) is 18.4. The summed E-state index contributed by atoms with van der Waals surface area (Å²) in [6, 6.07) is 2.97. The van der Waals surface area contributed by atoms with Crippen LogP contribution in [0.2, 0.25) is 0 Å². The number of alkyl halides is 3. The highest BCUT2D eigenvalue weighted by atomic mass is 32.2. The molecule has 1 N–H and O–H groups in total. The van der Waals surface area contributed by atoms with Gasteiger partial charge in [0.05, 0.1) is 28.1 Å². The van der Waals surface area contributed by atoms with E-state index in [-0.39, 0.29) is 51.2 Å². The number of carbonyl (C=O) groups excluding carboxylic acids is 1. The number of sulfone groups is 1. The highest BCUT2D eigenvalue weighted by molar-refractivity contribution is 7.91. The lowest BCUT2D eigenvalue weighted by molar-refractivity contribution is -0.137. The summed E-state index contributed by atoms with van der Waals surface area (Å²) in [5.74, 6) is -0.500. The number of hydrogen-bond acceptors (Lipinski definition) is 7. The van der Waals surface area contributed by atoms with E-state index in [0.29, 0.717) is 0 Å². The molecule has 0 radical (unpaired) electrons. The lowest BCUT2D eigenvalue weighted by Crippen LogP contribution is -2.15. The van der Waals surface area contributed by atoms with Gasteiger partial charge in [0.15, 0.2) is 21.5 Å². The van der Waals surface area contributed by atoms with Crippen molar-refractivity contribution in [1.29, 1.82) is 0 Å². The van der Waals surface area contributed by atoms with Gasteiger partial charge in [-0.05, 0) is 31.0 Å². The molecule has 0 spiro atoms. The van der Waals surface area contributed by atoms with Crippen LogP contribution in [0.1, 0.15) is 25.3 Å². The van der Waals surface area contributed by atoms with Gasteiger partial charge >= 0.3 is 6.18 Å². The Labute approximate surface area is 187 Å². The maximum atomic E-state index is 13.1. The average Bonchev–Trinajstić information content (AvgIpc) is 3.56. The summed E-state index contributed by atoms with van der Waals surface area (Å²) >= 11 is 0. The largest absolute Gasteiger partial charge is 0.416 e. The molecule has 33 heavy (non-hydrogen) atoms. The third kappa shape index (κ3) is 4.58. The Kier molecular flexibility index (Phi) is 5.68. The predicted octanol–water partition coefficient (Wildman–Crippen LogP) is 3.10. The van der Waals surface area contributed by atoms with Crippen molar-refractivity contribution < 1.29 is 26.4 Å². The molecule has 3 aromatic rings. The molecule has 1 aliphatic rings. The van der Waals surface area contributed by atoms with Gasteiger partial charge in [0, 0.05) is 19.2 Å². The van der Waals surface area contributed by atoms with Gasteiger partial charge in [-0.1, -0.05) is 6.92 Å². The van der Waals surface area contributed by atoms with Crippen LogP contribution >= 0.6 is 0 Å². The Hall–Kier alpha value is -3.35. The first-order valence-electron chi connectivity index (χ1n) is 9.98. The Morgan fingerprint density at radius 1 is 1.18 bits per heavy atom. The number of amides is 1. The van der Waals surface area contributed by atoms with Gasteiger partial charge in [0.1, 0.15) is 11.4 Å². The highest BCUT2D eigenvalue weighted by Crippen LogP contribution is 2.34. The molecule has 0 aliphatic heterocycles. The van der Waals surface area contributed by atoms with E-state index in [1.807, 2.05) is 0 Å². The number of carbonyl (C=O) groups is 1. The molecular formula is C20H19F3N6O3S. The fourth-order valence-corrected chi connectivity index (χ4v) is 4.21. The first-order valence-corrected chi connectivity index (χ1v) is 11.6. The zero-order chi connectivity index (χ0) is 24.0. The van der Waals surface area contributed by atoms with Crippen LogP contribution in [-0.4, -0.2) is 44.8 Å². The normalized spacial score (nSPS) is 14.3. The molecule has 4 rings (SSSR count). The smallest absolute Gasteiger partial charge is 0.324 e. The average molecular weight is 480 g/mol. The number of halogens is 3. The zero-order valence-electron chi connectivity index (χ0n) is 17.6. The van der Waals surface area contributed by atoms with Gasteiger partial charge < -0.3 is 9.88 Å². The topological polar surface area (TPSA) is 120 Å². The summed E-state index contributed by atoms with van der Waals surface area (Å²) in [7, 11) is -2.33. The van der Waals surface area contributed by atoms with Crippen molar-refractivity contribution in [3.63, 3.8) is 0 Å². The molecule has 0 aromatic carbocycles. The molecule has 1 fully saturated rings. The van der Waals surface area contributed by atoms with E-state index in [4.69, 9.17) is 0 Å². The molecule has 0 saturated heterocycles. The van der Waals surface area contributed by atoms with Crippen LogP contribution < -0.4 is 5.32 Å². The Bertz CT molecular complexity index is 1330. The molecular weight excluding hydrogens is 461 g/mol. The minimum absolute atomic E-state index is 0.00357. The summed E-state index contributed by atoms with van der Waals surface area (Å²) in [6.45, 7) is 1.46. The number of nitrogens with zero attached hydrogens (tertiary/aromatic N) is 5. The molecule has 1 aliphatic carbocycles. The first-order chi connectivity index (χ1) is 15.5. The summed E-state index contributed by atoms with van der Waals surface area (Å²) in [6.07, 6.45) is -0.689. The van der Waals surface area contributed by atoms with Crippen molar-refractivity contribution in [1.82, 2.24) is 24.7 Å². The second-order valence-corrected chi connectivity index (χ2v) is 9.82. The van der Waals surface area contributed by atoms with Crippen molar-refractivity contribution in [2.75, 3.05) is 11.1 Å². The van der Waals surface area contributed by atoms with E-state index in [1.165, 1.54) is 30.8 Å². The van der Waals surface area contributed by atoms with E-state index in [0.717, 1.165) is 31.2 Å². The van der Waals surface area contributed by atoms with E-state index in [1.54, 1.807) is 0 Å². The Morgan fingerprint density at radius 3 is 2.52 bits per heavy atom. The van der Waals surface area contributed by atoms with E-state index in [2.05, 4.69) is 25.5 Å². The summed E-state index contributed by atoms with van der Waals surface area (Å²) < 4.78 is 66.1.